The molecule has 1 heterocycles. The molecule has 0 amide bonds. The minimum absolute atomic E-state index is 0.0181. The van der Waals surface area contributed by atoms with Crippen molar-refractivity contribution in [2.75, 3.05) is 30.7 Å². The summed E-state index contributed by atoms with van der Waals surface area (Å²) >= 11 is 6.00. The maximum Gasteiger partial charge on any atom is 0.326 e. The van der Waals surface area contributed by atoms with Gasteiger partial charge in [0.25, 0.3) is 10.0 Å². The number of ether oxygens (including phenoxy) is 3. The lowest BCUT2D eigenvalue weighted by Crippen LogP contribution is -2.37. The van der Waals surface area contributed by atoms with Crippen LogP contribution in [-0.4, -0.2) is 40.8 Å². The molecule has 0 saturated heterocycles. The smallest absolute Gasteiger partial charge is 0.326 e. The van der Waals surface area contributed by atoms with Crippen molar-refractivity contribution in [2.45, 2.75) is 18.7 Å². The highest BCUT2D eigenvalue weighted by atomic mass is 35.5. The third kappa shape index (κ3) is 4.18. The molecular formula is C19H20ClNO6S. The molecule has 0 fully saturated rings. The van der Waals surface area contributed by atoms with E-state index >= 15 is 0 Å². The molecule has 2 aromatic carbocycles. The molecule has 28 heavy (non-hydrogen) atoms. The predicted octanol–water partition coefficient (Wildman–Crippen LogP) is 3.18. The number of nitrogens with zero attached hydrogens (tertiary/aromatic N) is 1. The first-order valence-corrected chi connectivity index (χ1v) is 10.5. The topological polar surface area (TPSA) is 82.1 Å². The molecule has 0 atom stereocenters. The average molecular weight is 426 g/mol. The summed E-state index contributed by atoms with van der Waals surface area (Å²) in [7, 11) is -4.08. The van der Waals surface area contributed by atoms with Crippen LogP contribution in [0.2, 0.25) is 5.02 Å². The van der Waals surface area contributed by atoms with Crippen molar-refractivity contribution >= 4 is 33.3 Å². The summed E-state index contributed by atoms with van der Waals surface area (Å²) in [5.41, 5.74) is 0.949. The zero-order valence-corrected chi connectivity index (χ0v) is 17.0. The largest absolute Gasteiger partial charge is 0.486 e. The lowest BCUT2D eigenvalue weighted by molar-refractivity contribution is -0.141. The van der Waals surface area contributed by atoms with E-state index in [1.165, 1.54) is 12.1 Å². The lowest BCUT2D eigenvalue weighted by atomic mass is 10.2. The first-order valence-electron chi connectivity index (χ1n) is 8.67. The molecule has 0 aliphatic carbocycles. The van der Waals surface area contributed by atoms with Gasteiger partial charge >= 0.3 is 5.97 Å². The van der Waals surface area contributed by atoms with E-state index in [0.717, 1.165) is 4.31 Å². The molecule has 9 heteroatoms. The van der Waals surface area contributed by atoms with Crippen molar-refractivity contribution < 1.29 is 27.4 Å². The zero-order chi connectivity index (χ0) is 20.3. The Bertz CT molecular complexity index is 992. The monoisotopic (exact) mass is 425 g/mol. The minimum Gasteiger partial charge on any atom is -0.486 e. The molecule has 0 spiro atoms. The van der Waals surface area contributed by atoms with Crippen LogP contribution in [0.1, 0.15) is 12.5 Å². The molecule has 1 aliphatic rings. The van der Waals surface area contributed by atoms with Gasteiger partial charge in [-0.05, 0) is 49.7 Å². The van der Waals surface area contributed by atoms with Crippen LogP contribution in [0.15, 0.2) is 41.3 Å². The summed E-state index contributed by atoms with van der Waals surface area (Å²) in [4.78, 5) is 12.1. The van der Waals surface area contributed by atoms with E-state index in [1.807, 2.05) is 0 Å². The van der Waals surface area contributed by atoms with Gasteiger partial charge in [0.2, 0.25) is 0 Å². The Morgan fingerprint density at radius 2 is 1.86 bits per heavy atom. The van der Waals surface area contributed by atoms with Gasteiger partial charge in [-0.25, -0.2) is 8.42 Å². The summed E-state index contributed by atoms with van der Waals surface area (Å²) in [6.45, 7) is 3.80. The van der Waals surface area contributed by atoms with E-state index in [4.69, 9.17) is 25.8 Å². The molecule has 7 nitrogen and oxygen atoms in total. The SMILES string of the molecule is CCOC(=O)CN(c1ccc(Cl)cc1C)S(=O)(=O)c1ccc2c(c1)OCCO2. The Morgan fingerprint density at radius 1 is 1.14 bits per heavy atom. The number of hydrogen-bond donors (Lipinski definition) is 0. The maximum absolute atomic E-state index is 13.4. The number of esters is 1. The fourth-order valence-corrected chi connectivity index (χ4v) is 4.55. The van der Waals surface area contributed by atoms with Crippen LogP contribution in [-0.2, 0) is 19.6 Å². The Kier molecular flexibility index (Phi) is 6.00. The highest BCUT2D eigenvalue weighted by molar-refractivity contribution is 7.92. The van der Waals surface area contributed by atoms with Crippen LogP contribution in [0.5, 0.6) is 11.5 Å². The number of hydrogen-bond acceptors (Lipinski definition) is 6. The summed E-state index contributed by atoms with van der Waals surface area (Å²) in [6.07, 6.45) is 0. The molecule has 2 aromatic rings. The van der Waals surface area contributed by atoms with Gasteiger partial charge in [-0.15, -0.1) is 0 Å². The first-order chi connectivity index (χ1) is 13.3. The zero-order valence-electron chi connectivity index (χ0n) is 15.5. The average Bonchev–Trinajstić information content (AvgIpc) is 2.66. The van der Waals surface area contributed by atoms with Gasteiger partial charge in [-0.2, -0.15) is 0 Å². The van der Waals surface area contributed by atoms with Crippen molar-refractivity contribution in [3.8, 4) is 11.5 Å². The van der Waals surface area contributed by atoms with E-state index in [1.54, 1.807) is 38.1 Å². The molecule has 0 saturated carbocycles. The van der Waals surface area contributed by atoms with Gasteiger partial charge < -0.3 is 14.2 Å². The Morgan fingerprint density at radius 3 is 2.54 bits per heavy atom. The molecule has 0 radical (unpaired) electrons. The third-order valence-electron chi connectivity index (χ3n) is 4.11. The highest BCUT2D eigenvalue weighted by Crippen LogP contribution is 2.35. The molecule has 0 aromatic heterocycles. The van der Waals surface area contributed by atoms with Gasteiger partial charge in [0, 0.05) is 11.1 Å². The number of carbonyl (C=O) groups is 1. The maximum atomic E-state index is 13.4. The molecule has 150 valence electrons. The van der Waals surface area contributed by atoms with Crippen LogP contribution in [0, 0.1) is 6.92 Å². The van der Waals surface area contributed by atoms with Crippen molar-refractivity contribution in [3.63, 3.8) is 0 Å². The Labute approximate surface area is 168 Å². The highest BCUT2D eigenvalue weighted by Gasteiger charge is 2.30. The first kappa shape index (κ1) is 20.3. The summed E-state index contributed by atoms with van der Waals surface area (Å²) < 4.78 is 43.7. The van der Waals surface area contributed by atoms with Gasteiger partial charge in [0.15, 0.2) is 11.5 Å². The molecule has 3 rings (SSSR count). The fourth-order valence-electron chi connectivity index (χ4n) is 2.83. The number of aryl methyl sites for hydroxylation is 1. The van der Waals surface area contributed by atoms with Crippen molar-refractivity contribution in [2.24, 2.45) is 0 Å². The molecule has 0 bridgehead atoms. The molecule has 0 unspecified atom stereocenters. The Balaban J connectivity index is 2.06. The van der Waals surface area contributed by atoms with Crippen LogP contribution < -0.4 is 13.8 Å². The predicted molar refractivity (Wildman–Crippen MR) is 105 cm³/mol. The molecular weight excluding hydrogens is 406 g/mol. The van der Waals surface area contributed by atoms with Crippen LogP contribution in [0.3, 0.4) is 0 Å². The van der Waals surface area contributed by atoms with Crippen LogP contribution >= 0.6 is 11.6 Å². The fraction of sp³-hybridized carbons (Fsp3) is 0.316. The van der Waals surface area contributed by atoms with Crippen LogP contribution in [0.25, 0.3) is 0 Å². The Hall–Kier alpha value is -2.45. The van der Waals surface area contributed by atoms with E-state index in [0.29, 0.717) is 41.0 Å². The summed E-state index contributed by atoms with van der Waals surface area (Å²) in [6, 6.07) is 9.13. The minimum atomic E-state index is -4.08. The molecule has 0 N–H and O–H groups in total. The number of halogens is 1. The second-order valence-corrected chi connectivity index (χ2v) is 8.35. The van der Waals surface area contributed by atoms with Crippen LogP contribution in [0.4, 0.5) is 5.69 Å². The molecule has 1 aliphatic heterocycles. The number of fused-ring (bicyclic) bond motifs is 1. The van der Waals surface area contributed by atoms with E-state index < -0.39 is 22.5 Å². The quantitative estimate of drug-likeness (QED) is 0.661. The van der Waals surface area contributed by atoms with E-state index in [9.17, 15) is 13.2 Å². The van der Waals surface area contributed by atoms with Crippen molar-refractivity contribution in [3.05, 3.63) is 47.0 Å². The van der Waals surface area contributed by atoms with Gasteiger partial charge in [-0.3, -0.25) is 9.10 Å². The number of sulfonamides is 1. The van der Waals surface area contributed by atoms with E-state index in [-0.39, 0.29) is 11.5 Å². The second kappa shape index (κ2) is 8.28. The normalized spacial score (nSPS) is 13.1. The lowest BCUT2D eigenvalue weighted by Gasteiger charge is -2.26. The second-order valence-electron chi connectivity index (χ2n) is 6.05. The number of anilines is 1. The standard InChI is InChI=1S/C19H20ClNO6S/c1-3-25-19(22)12-21(16-6-4-14(20)10-13(16)2)28(23,24)15-5-7-17-18(11-15)27-9-8-26-17/h4-7,10-11H,3,8-9,12H2,1-2H3. The van der Waals surface area contributed by atoms with Crippen molar-refractivity contribution in [1.82, 2.24) is 0 Å². The summed E-state index contributed by atoms with van der Waals surface area (Å²) in [5, 5.41) is 0.467. The number of benzene rings is 2. The van der Waals surface area contributed by atoms with E-state index in [2.05, 4.69) is 0 Å². The number of carbonyl (C=O) groups excluding carboxylic acids is 1. The van der Waals surface area contributed by atoms with Gasteiger partial charge in [0.1, 0.15) is 19.8 Å². The number of rotatable bonds is 6. The van der Waals surface area contributed by atoms with Crippen molar-refractivity contribution in [1.29, 1.82) is 0 Å². The van der Waals surface area contributed by atoms with Gasteiger partial charge in [-0.1, -0.05) is 11.6 Å². The summed E-state index contributed by atoms with van der Waals surface area (Å²) in [5.74, 6) is 0.166. The third-order valence-corrected chi connectivity index (χ3v) is 6.10. The van der Waals surface area contributed by atoms with Gasteiger partial charge in [0.05, 0.1) is 17.2 Å².